The highest BCUT2D eigenvalue weighted by Crippen LogP contribution is 2.31. The number of benzene rings is 1. The SMILES string of the molecule is CCOC(=O)c1cc(Cc2ccccc2)sc1NC(=O)C(C)CC. The van der Waals surface area contributed by atoms with Gasteiger partial charge in [-0.3, -0.25) is 4.79 Å². The molecule has 0 aliphatic heterocycles. The van der Waals surface area contributed by atoms with E-state index in [1.807, 2.05) is 50.2 Å². The largest absolute Gasteiger partial charge is 0.462 e. The van der Waals surface area contributed by atoms with E-state index >= 15 is 0 Å². The number of rotatable bonds is 7. The number of ether oxygens (including phenoxy) is 1. The molecular formula is C19H23NO3S. The lowest BCUT2D eigenvalue weighted by atomic mass is 10.1. The highest BCUT2D eigenvalue weighted by molar-refractivity contribution is 7.16. The van der Waals surface area contributed by atoms with Crippen molar-refractivity contribution < 1.29 is 14.3 Å². The maximum absolute atomic E-state index is 12.2. The molecule has 2 rings (SSSR count). The summed E-state index contributed by atoms with van der Waals surface area (Å²) in [7, 11) is 0. The standard InChI is InChI=1S/C19H23NO3S/c1-4-13(3)17(21)20-18-16(19(22)23-5-2)12-15(24-18)11-14-9-7-6-8-10-14/h6-10,12-13H,4-5,11H2,1-3H3,(H,20,21). The molecule has 4 nitrogen and oxygen atoms in total. The Bertz CT molecular complexity index is 694. The van der Waals surface area contributed by atoms with Crippen LogP contribution in [0.25, 0.3) is 0 Å². The molecule has 1 N–H and O–H groups in total. The van der Waals surface area contributed by atoms with Gasteiger partial charge in [0.1, 0.15) is 5.00 Å². The lowest BCUT2D eigenvalue weighted by molar-refractivity contribution is -0.119. The molecule has 1 heterocycles. The molecule has 0 aliphatic carbocycles. The number of hydrogen-bond acceptors (Lipinski definition) is 4. The average Bonchev–Trinajstić information content (AvgIpc) is 2.97. The van der Waals surface area contributed by atoms with Gasteiger partial charge in [0.15, 0.2) is 0 Å². The van der Waals surface area contributed by atoms with Crippen LogP contribution in [-0.2, 0) is 16.0 Å². The molecule has 0 aliphatic rings. The zero-order chi connectivity index (χ0) is 17.5. The summed E-state index contributed by atoms with van der Waals surface area (Å²) in [6.45, 7) is 5.91. The molecule has 1 atom stereocenters. The Morgan fingerprint density at radius 2 is 1.92 bits per heavy atom. The van der Waals surface area contributed by atoms with Crippen LogP contribution in [0.2, 0.25) is 0 Å². The quantitative estimate of drug-likeness (QED) is 0.752. The van der Waals surface area contributed by atoms with Gasteiger partial charge in [0, 0.05) is 17.2 Å². The molecule has 0 spiro atoms. The van der Waals surface area contributed by atoms with Crippen molar-refractivity contribution in [1.82, 2.24) is 0 Å². The number of amides is 1. The predicted octanol–water partition coefficient (Wildman–Crippen LogP) is 4.50. The van der Waals surface area contributed by atoms with Gasteiger partial charge in [0.05, 0.1) is 12.2 Å². The summed E-state index contributed by atoms with van der Waals surface area (Å²) in [6, 6.07) is 11.9. The summed E-state index contributed by atoms with van der Waals surface area (Å²) < 4.78 is 5.12. The van der Waals surface area contributed by atoms with Crippen molar-refractivity contribution in [1.29, 1.82) is 0 Å². The van der Waals surface area contributed by atoms with Crippen LogP contribution >= 0.6 is 11.3 Å². The molecule has 128 valence electrons. The highest BCUT2D eigenvalue weighted by Gasteiger charge is 2.20. The summed E-state index contributed by atoms with van der Waals surface area (Å²) in [5, 5.41) is 3.46. The first-order valence-electron chi connectivity index (χ1n) is 8.19. The summed E-state index contributed by atoms with van der Waals surface area (Å²) in [5.74, 6) is -0.566. The predicted molar refractivity (Wildman–Crippen MR) is 97.6 cm³/mol. The fraction of sp³-hybridized carbons (Fsp3) is 0.368. The van der Waals surface area contributed by atoms with Crippen molar-refractivity contribution in [3.63, 3.8) is 0 Å². The van der Waals surface area contributed by atoms with Crippen molar-refractivity contribution in [2.24, 2.45) is 5.92 Å². The van der Waals surface area contributed by atoms with Gasteiger partial charge in [-0.1, -0.05) is 44.2 Å². The van der Waals surface area contributed by atoms with Gasteiger partial charge in [-0.05, 0) is 25.0 Å². The van der Waals surface area contributed by atoms with Crippen LogP contribution in [0, 0.1) is 5.92 Å². The van der Waals surface area contributed by atoms with Gasteiger partial charge in [0.25, 0.3) is 0 Å². The number of hydrogen-bond donors (Lipinski definition) is 1. The number of thiophene rings is 1. The van der Waals surface area contributed by atoms with Crippen LogP contribution in [-0.4, -0.2) is 18.5 Å². The van der Waals surface area contributed by atoms with Crippen LogP contribution in [0.4, 0.5) is 5.00 Å². The van der Waals surface area contributed by atoms with Crippen LogP contribution in [0.3, 0.4) is 0 Å². The maximum atomic E-state index is 12.2. The number of carbonyl (C=O) groups is 2. The molecule has 0 radical (unpaired) electrons. The van der Waals surface area contributed by atoms with Crippen LogP contribution in [0.1, 0.15) is 48.0 Å². The minimum atomic E-state index is -0.396. The average molecular weight is 345 g/mol. The van der Waals surface area contributed by atoms with E-state index < -0.39 is 5.97 Å². The topological polar surface area (TPSA) is 55.4 Å². The zero-order valence-corrected chi connectivity index (χ0v) is 15.1. The monoisotopic (exact) mass is 345 g/mol. The van der Waals surface area contributed by atoms with E-state index in [1.54, 1.807) is 6.92 Å². The Kier molecular flexibility index (Phi) is 6.55. The van der Waals surface area contributed by atoms with Gasteiger partial charge >= 0.3 is 5.97 Å². The maximum Gasteiger partial charge on any atom is 0.341 e. The van der Waals surface area contributed by atoms with E-state index in [-0.39, 0.29) is 11.8 Å². The first-order chi connectivity index (χ1) is 11.5. The third kappa shape index (κ3) is 4.68. The lowest BCUT2D eigenvalue weighted by Gasteiger charge is -2.09. The summed E-state index contributed by atoms with van der Waals surface area (Å²) in [4.78, 5) is 25.4. The van der Waals surface area contributed by atoms with E-state index in [0.717, 1.165) is 23.3 Å². The smallest absolute Gasteiger partial charge is 0.341 e. The van der Waals surface area contributed by atoms with Crippen LogP contribution in [0.5, 0.6) is 0 Å². The van der Waals surface area contributed by atoms with Crippen molar-refractivity contribution in [2.75, 3.05) is 11.9 Å². The molecule has 2 aromatic rings. The Hall–Kier alpha value is -2.14. The van der Waals surface area contributed by atoms with E-state index in [0.29, 0.717) is 17.2 Å². The molecule has 1 aromatic heterocycles. The van der Waals surface area contributed by atoms with Crippen molar-refractivity contribution in [2.45, 2.75) is 33.6 Å². The Labute approximate surface area is 146 Å². The first kappa shape index (κ1) is 18.2. The third-order valence-corrected chi connectivity index (χ3v) is 4.85. The zero-order valence-electron chi connectivity index (χ0n) is 14.3. The molecule has 1 aromatic carbocycles. The summed E-state index contributed by atoms with van der Waals surface area (Å²) >= 11 is 1.43. The Morgan fingerprint density at radius 1 is 1.21 bits per heavy atom. The second-order valence-corrected chi connectivity index (χ2v) is 6.77. The molecule has 1 unspecified atom stereocenters. The number of carbonyl (C=O) groups excluding carboxylic acids is 2. The minimum absolute atomic E-state index is 0.0730. The fourth-order valence-electron chi connectivity index (χ4n) is 2.20. The molecule has 0 bridgehead atoms. The van der Waals surface area contributed by atoms with Crippen molar-refractivity contribution >= 4 is 28.2 Å². The van der Waals surface area contributed by atoms with E-state index in [1.165, 1.54) is 11.3 Å². The molecule has 24 heavy (non-hydrogen) atoms. The number of esters is 1. The first-order valence-corrected chi connectivity index (χ1v) is 9.01. The number of anilines is 1. The van der Waals surface area contributed by atoms with Gasteiger partial charge in [-0.15, -0.1) is 11.3 Å². The Balaban J connectivity index is 2.26. The normalized spacial score (nSPS) is 11.8. The summed E-state index contributed by atoms with van der Waals surface area (Å²) in [6.07, 6.45) is 1.47. The van der Waals surface area contributed by atoms with Gasteiger partial charge < -0.3 is 10.1 Å². The lowest BCUT2D eigenvalue weighted by Crippen LogP contribution is -2.20. The van der Waals surface area contributed by atoms with E-state index in [4.69, 9.17) is 4.74 Å². The molecule has 0 saturated carbocycles. The van der Waals surface area contributed by atoms with Crippen LogP contribution in [0.15, 0.2) is 36.4 Å². The third-order valence-electron chi connectivity index (χ3n) is 3.80. The second kappa shape index (κ2) is 8.64. The van der Waals surface area contributed by atoms with Crippen LogP contribution < -0.4 is 5.32 Å². The molecule has 0 fully saturated rings. The Morgan fingerprint density at radius 3 is 2.54 bits per heavy atom. The van der Waals surface area contributed by atoms with Gasteiger partial charge in [0.2, 0.25) is 5.91 Å². The highest BCUT2D eigenvalue weighted by atomic mass is 32.1. The summed E-state index contributed by atoms with van der Waals surface area (Å²) in [5.41, 5.74) is 1.60. The molecule has 1 amide bonds. The molecular weight excluding hydrogens is 322 g/mol. The minimum Gasteiger partial charge on any atom is -0.462 e. The van der Waals surface area contributed by atoms with Crippen molar-refractivity contribution in [3.05, 3.63) is 52.4 Å². The molecule has 0 saturated heterocycles. The number of nitrogens with one attached hydrogen (secondary N) is 1. The van der Waals surface area contributed by atoms with E-state index in [2.05, 4.69) is 5.32 Å². The molecule has 5 heteroatoms. The second-order valence-electron chi connectivity index (χ2n) is 5.64. The van der Waals surface area contributed by atoms with Gasteiger partial charge in [-0.2, -0.15) is 0 Å². The fourth-order valence-corrected chi connectivity index (χ4v) is 3.28. The van der Waals surface area contributed by atoms with Gasteiger partial charge in [-0.25, -0.2) is 4.79 Å². The van der Waals surface area contributed by atoms with Crippen molar-refractivity contribution in [3.8, 4) is 0 Å². The van der Waals surface area contributed by atoms with E-state index in [9.17, 15) is 9.59 Å².